The molecule has 0 atom stereocenters. The molecule has 5 rings (SSSR count). The van der Waals surface area contributed by atoms with E-state index in [0.717, 1.165) is 51.9 Å². The predicted octanol–water partition coefficient (Wildman–Crippen LogP) is 6.76. The van der Waals surface area contributed by atoms with Gasteiger partial charge in [-0.1, -0.05) is 36.8 Å². The van der Waals surface area contributed by atoms with E-state index < -0.39 is 5.97 Å². The zero-order chi connectivity index (χ0) is 24.9. The van der Waals surface area contributed by atoms with Gasteiger partial charge in [-0.05, 0) is 73.2 Å². The first-order valence-electron chi connectivity index (χ1n) is 12.5. The molecule has 6 heteroatoms. The highest BCUT2D eigenvalue weighted by atomic mass is 16.5. The van der Waals surface area contributed by atoms with Crippen molar-refractivity contribution in [3.8, 4) is 28.5 Å². The van der Waals surface area contributed by atoms with Crippen molar-refractivity contribution in [3.63, 3.8) is 0 Å². The van der Waals surface area contributed by atoms with E-state index in [-0.39, 0.29) is 12.5 Å². The highest BCUT2D eigenvalue weighted by Crippen LogP contribution is 2.38. The number of rotatable bonds is 9. The van der Waals surface area contributed by atoms with Crippen molar-refractivity contribution in [1.82, 2.24) is 4.98 Å². The van der Waals surface area contributed by atoms with Gasteiger partial charge < -0.3 is 24.3 Å². The van der Waals surface area contributed by atoms with Crippen LogP contribution < -0.4 is 14.2 Å². The number of carbonyl (C=O) groups is 1. The monoisotopic (exact) mass is 485 g/mol. The van der Waals surface area contributed by atoms with Gasteiger partial charge >= 0.3 is 5.97 Å². The fraction of sp³-hybridized carbons (Fsp3) is 0.300. The van der Waals surface area contributed by atoms with Crippen molar-refractivity contribution in [2.24, 2.45) is 0 Å². The van der Waals surface area contributed by atoms with Gasteiger partial charge in [-0.2, -0.15) is 0 Å². The average molecular weight is 486 g/mol. The number of aromatic amines is 1. The highest BCUT2D eigenvalue weighted by molar-refractivity contribution is 5.95. The molecule has 186 valence electrons. The van der Waals surface area contributed by atoms with Gasteiger partial charge in [0.25, 0.3) is 0 Å². The molecule has 2 N–H and O–H groups in total. The maximum Gasteiger partial charge on any atom is 0.307 e. The Morgan fingerprint density at radius 3 is 2.53 bits per heavy atom. The van der Waals surface area contributed by atoms with Gasteiger partial charge in [0.1, 0.15) is 12.4 Å². The molecule has 1 aliphatic rings. The number of methoxy groups -OCH3 is 1. The summed E-state index contributed by atoms with van der Waals surface area (Å²) >= 11 is 0. The van der Waals surface area contributed by atoms with E-state index in [9.17, 15) is 9.90 Å². The van der Waals surface area contributed by atoms with Gasteiger partial charge in [-0.3, -0.25) is 4.79 Å². The number of ether oxygens (including phenoxy) is 3. The lowest BCUT2D eigenvalue weighted by Crippen LogP contribution is -2.19. The third kappa shape index (κ3) is 5.33. The molecule has 1 heterocycles. The number of H-pyrrole nitrogens is 1. The number of fused-ring (bicyclic) bond motifs is 1. The first-order chi connectivity index (χ1) is 17.6. The Kier molecular flexibility index (Phi) is 7.12. The summed E-state index contributed by atoms with van der Waals surface area (Å²) in [5.74, 6) is 1.12. The molecule has 0 amide bonds. The summed E-state index contributed by atoms with van der Waals surface area (Å²) in [6, 6.07) is 21.5. The molecule has 0 spiro atoms. The van der Waals surface area contributed by atoms with Crippen LogP contribution in [-0.4, -0.2) is 29.3 Å². The maximum absolute atomic E-state index is 11.8. The zero-order valence-electron chi connectivity index (χ0n) is 20.5. The predicted molar refractivity (Wildman–Crippen MR) is 140 cm³/mol. The number of benzene rings is 3. The van der Waals surface area contributed by atoms with E-state index in [0.29, 0.717) is 18.1 Å². The van der Waals surface area contributed by atoms with Gasteiger partial charge in [0, 0.05) is 16.5 Å². The van der Waals surface area contributed by atoms with Gasteiger partial charge in [0.15, 0.2) is 11.5 Å². The van der Waals surface area contributed by atoms with Crippen molar-refractivity contribution < 1.29 is 24.1 Å². The van der Waals surface area contributed by atoms with Crippen molar-refractivity contribution in [2.45, 2.75) is 51.2 Å². The van der Waals surface area contributed by atoms with E-state index >= 15 is 0 Å². The Labute approximate surface area is 210 Å². The second kappa shape index (κ2) is 10.8. The van der Waals surface area contributed by atoms with Crippen LogP contribution in [0.2, 0.25) is 0 Å². The van der Waals surface area contributed by atoms with Crippen LogP contribution in [0.5, 0.6) is 17.2 Å². The first kappa shape index (κ1) is 23.8. The fourth-order valence-electron chi connectivity index (χ4n) is 4.93. The molecule has 1 saturated carbocycles. The average Bonchev–Trinajstić information content (AvgIpc) is 3.25. The fourth-order valence-corrected chi connectivity index (χ4v) is 4.93. The van der Waals surface area contributed by atoms with Crippen LogP contribution in [0.4, 0.5) is 0 Å². The summed E-state index contributed by atoms with van der Waals surface area (Å²) in [5.41, 5.74) is 4.26. The zero-order valence-corrected chi connectivity index (χ0v) is 20.5. The van der Waals surface area contributed by atoms with Crippen LogP contribution >= 0.6 is 0 Å². The van der Waals surface area contributed by atoms with E-state index in [1.807, 2.05) is 66.7 Å². The molecule has 1 fully saturated rings. The van der Waals surface area contributed by atoms with E-state index in [1.54, 1.807) is 7.11 Å². The normalized spacial score (nSPS) is 14.0. The molecule has 6 nitrogen and oxygen atoms in total. The highest BCUT2D eigenvalue weighted by Gasteiger charge is 2.20. The molecule has 0 saturated heterocycles. The molecular formula is C30H31NO5. The second-order valence-electron chi connectivity index (χ2n) is 9.27. The van der Waals surface area contributed by atoms with E-state index in [4.69, 9.17) is 14.2 Å². The third-order valence-corrected chi connectivity index (χ3v) is 6.75. The molecular weight excluding hydrogens is 454 g/mol. The second-order valence-corrected chi connectivity index (χ2v) is 9.27. The topological polar surface area (TPSA) is 80.8 Å². The minimum absolute atomic E-state index is 0.100. The molecule has 1 aromatic heterocycles. The number of nitrogens with one attached hydrogen (secondary N) is 1. The number of hydrogen-bond donors (Lipinski definition) is 2. The standard InChI is InChI=1S/C30H31NO5/c1-34-28-16-21(12-15-27(28)35-19-20-8-4-2-5-9-20)30-25(18-29(32)33)24-17-23(13-14-26(24)31-30)36-22-10-6-3-7-11-22/h2,4-5,8-9,12-17,22,31H,3,6-7,10-11,18-19H2,1H3,(H,32,33). The van der Waals surface area contributed by atoms with Crippen LogP contribution in [0.25, 0.3) is 22.2 Å². The Bertz CT molecular complexity index is 1340. The summed E-state index contributed by atoms with van der Waals surface area (Å²) < 4.78 is 17.9. The maximum atomic E-state index is 11.8. The SMILES string of the molecule is COc1cc(-c2[nH]c3ccc(OC4CCCCC4)cc3c2CC(=O)O)ccc1OCc1ccccc1. The lowest BCUT2D eigenvalue weighted by Gasteiger charge is -2.23. The van der Waals surface area contributed by atoms with Crippen LogP contribution in [0.1, 0.15) is 43.2 Å². The Balaban J connectivity index is 1.46. The number of aromatic nitrogens is 1. The summed E-state index contributed by atoms with van der Waals surface area (Å²) in [4.78, 5) is 15.2. The lowest BCUT2D eigenvalue weighted by molar-refractivity contribution is -0.136. The largest absolute Gasteiger partial charge is 0.493 e. The smallest absolute Gasteiger partial charge is 0.307 e. The molecule has 0 bridgehead atoms. The molecule has 0 radical (unpaired) electrons. The summed E-state index contributed by atoms with van der Waals surface area (Å²) in [5, 5.41) is 10.5. The number of carboxylic acid groups (broad SMARTS) is 1. The molecule has 0 unspecified atom stereocenters. The summed E-state index contributed by atoms with van der Waals surface area (Å²) in [7, 11) is 1.60. The minimum Gasteiger partial charge on any atom is -0.493 e. The molecule has 3 aromatic carbocycles. The molecule has 0 aliphatic heterocycles. The quantitative estimate of drug-likeness (QED) is 0.274. The Morgan fingerprint density at radius 2 is 1.78 bits per heavy atom. The van der Waals surface area contributed by atoms with Crippen molar-refractivity contribution >= 4 is 16.9 Å². The van der Waals surface area contributed by atoms with Gasteiger partial charge in [0.05, 0.1) is 25.3 Å². The van der Waals surface area contributed by atoms with Crippen LogP contribution in [0, 0.1) is 0 Å². The molecule has 4 aromatic rings. The number of carboxylic acids is 1. The lowest BCUT2D eigenvalue weighted by atomic mass is 9.97. The minimum atomic E-state index is -0.884. The van der Waals surface area contributed by atoms with E-state index in [1.165, 1.54) is 19.3 Å². The summed E-state index contributed by atoms with van der Waals surface area (Å²) in [6.07, 6.45) is 5.91. The van der Waals surface area contributed by atoms with Gasteiger partial charge in [-0.25, -0.2) is 0 Å². The molecule has 1 aliphatic carbocycles. The Hall–Kier alpha value is -3.93. The number of aliphatic carboxylic acids is 1. The number of hydrogen-bond acceptors (Lipinski definition) is 4. The Morgan fingerprint density at radius 1 is 0.972 bits per heavy atom. The third-order valence-electron chi connectivity index (χ3n) is 6.75. The van der Waals surface area contributed by atoms with Gasteiger partial charge in [-0.15, -0.1) is 0 Å². The van der Waals surface area contributed by atoms with Crippen molar-refractivity contribution in [1.29, 1.82) is 0 Å². The van der Waals surface area contributed by atoms with E-state index in [2.05, 4.69) is 4.98 Å². The van der Waals surface area contributed by atoms with Crippen LogP contribution in [0.3, 0.4) is 0 Å². The first-order valence-corrected chi connectivity index (χ1v) is 12.5. The van der Waals surface area contributed by atoms with Crippen LogP contribution in [-0.2, 0) is 17.8 Å². The van der Waals surface area contributed by atoms with Crippen LogP contribution in [0.15, 0.2) is 66.7 Å². The van der Waals surface area contributed by atoms with Crippen molar-refractivity contribution in [2.75, 3.05) is 7.11 Å². The summed E-state index contributed by atoms with van der Waals surface area (Å²) in [6.45, 7) is 0.428. The molecule has 36 heavy (non-hydrogen) atoms. The van der Waals surface area contributed by atoms with Gasteiger partial charge in [0.2, 0.25) is 0 Å². The van der Waals surface area contributed by atoms with Crippen molar-refractivity contribution in [3.05, 3.63) is 77.9 Å².